The van der Waals surface area contributed by atoms with Crippen LogP contribution in [0, 0.1) is 25.2 Å². The summed E-state index contributed by atoms with van der Waals surface area (Å²) >= 11 is 0. The molecular weight excluding hydrogens is 230 g/mol. The zero-order valence-corrected chi connectivity index (χ0v) is 13.1. The molecule has 0 amide bonds. The van der Waals surface area contributed by atoms with Gasteiger partial charge >= 0.3 is 0 Å². The van der Waals surface area contributed by atoms with Gasteiger partial charge in [0, 0.05) is 6.54 Å². The lowest BCUT2D eigenvalue weighted by atomic mass is 9.77. The van der Waals surface area contributed by atoms with Gasteiger partial charge in [0.25, 0.3) is 0 Å². The highest BCUT2D eigenvalue weighted by atomic mass is 14.9. The molecule has 0 saturated heterocycles. The number of hydrogen-bond acceptors (Lipinski definition) is 1. The SMILES string of the molecule is CCCNCC(C)(Cc1c(C)cccc1C)C1CC1. The summed E-state index contributed by atoms with van der Waals surface area (Å²) in [4.78, 5) is 0. The van der Waals surface area contributed by atoms with Gasteiger partial charge in [0.15, 0.2) is 0 Å². The molecule has 0 bridgehead atoms. The van der Waals surface area contributed by atoms with Gasteiger partial charge < -0.3 is 5.32 Å². The van der Waals surface area contributed by atoms with Gasteiger partial charge in [-0.15, -0.1) is 0 Å². The fraction of sp³-hybridized carbons (Fsp3) is 0.667. The molecule has 1 aromatic carbocycles. The van der Waals surface area contributed by atoms with Crippen molar-refractivity contribution in [3.05, 3.63) is 34.9 Å². The van der Waals surface area contributed by atoms with Crippen molar-refractivity contribution in [3.63, 3.8) is 0 Å². The van der Waals surface area contributed by atoms with Crippen LogP contribution in [0.5, 0.6) is 0 Å². The standard InChI is InChI=1S/C18H29N/c1-5-11-19-13-18(4,16-9-10-16)12-17-14(2)7-6-8-15(17)3/h6-8,16,19H,5,9-13H2,1-4H3. The lowest BCUT2D eigenvalue weighted by molar-refractivity contribution is 0.255. The molecule has 1 fully saturated rings. The second-order valence-corrected chi connectivity index (χ2v) is 6.65. The molecule has 106 valence electrons. The number of aryl methyl sites for hydroxylation is 2. The minimum Gasteiger partial charge on any atom is -0.316 e. The summed E-state index contributed by atoms with van der Waals surface area (Å²) in [6.07, 6.45) is 5.31. The van der Waals surface area contributed by atoms with Crippen molar-refractivity contribution in [2.24, 2.45) is 11.3 Å². The van der Waals surface area contributed by atoms with Crippen molar-refractivity contribution in [1.29, 1.82) is 0 Å². The van der Waals surface area contributed by atoms with E-state index in [0.29, 0.717) is 5.41 Å². The fourth-order valence-corrected chi connectivity index (χ4v) is 3.21. The molecule has 19 heavy (non-hydrogen) atoms. The maximum atomic E-state index is 3.66. The lowest BCUT2D eigenvalue weighted by Crippen LogP contribution is -2.36. The Balaban J connectivity index is 2.11. The Kier molecular flexibility index (Phi) is 4.67. The first-order valence-electron chi connectivity index (χ1n) is 7.82. The second kappa shape index (κ2) is 6.09. The van der Waals surface area contributed by atoms with E-state index >= 15 is 0 Å². The van der Waals surface area contributed by atoms with Crippen LogP contribution in [0.3, 0.4) is 0 Å². The van der Waals surface area contributed by atoms with Crippen LogP contribution in [0.15, 0.2) is 18.2 Å². The van der Waals surface area contributed by atoms with Gasteiger partial charge in [-0.05, 0) is 74.1 Å². The molecule has 1 saturated carbocycles. The summed E-state index contributed by atoms with van der Waals surface area (Å²) in [6, 6.07) is 6.70. The molecule has 0 aliphatic heterocycles. The molecule has 0 heterocycles. The van der Waals surface area contributed by atoms with Crippen LogP contribution in [-0.4, -0.2) is 13.1 Å². The van der Waals surface area contributed by atoms with Crippen molar-refractivity contribution in [2.75, 3.05) is 13.1 Å². The number of benzene rings is 1. The van der Waals surface area contributed by atoms with Gasteiger partial charge in [0.2, 0.25) is 0 Å². The second-order valence-electron chi connectivity index (χ2n) is 6.65. The Morgan fingerprint density at radius 2 is 1.84 bits per heavy atom. The van der Waals surface area contributed by atoms with Crippen molar-refractivity contribution >= 4 is 0 Å². The first kappa shape index (κ1) is 14.6. The van der Waals surface area contributed by atoms with Crippen LogP contribution in [0.4, 0.5) is 0 Å². The molecule has 1 aliphatic rings. The maximum absolute atomic E-state index is 3.66. The highest BCUT2D eigenvalue weighted by Gasteiger charge is 2.41. The van der Waals surface area contributed by atoms with E-state index in [1.54, 1.807) is 5.56 Å². The van der Waals surface area contributed by atoms with E-state index in [1.165, 1.54) is 43.4 Å². The first-order chi connectivity index (χ1) is 9.07. The molecule has 1 aliphatic carbocycles. The predicted molar refractivity (Wildman–Crippen MR) is 83.6 cm³/mol. The van der Waals surface area contributed by atoms with E-state index in [0.717, 1.165) is 12.5 Å². The summed E-state index contributed by atoms with van der Waals surface area (Å²) in [5.74, 6) is 0.927. The molecule has 0 spiro atoms. The van der Waals surface area contributed by atoms with Gasteiger partial charge in [0.05, 0.1) is 0 Å². The number of rotatable bonds is 7. The molecule has 1 nitrogen and oxygen atoms in total. The van der Waals surface area contributed by atoms with Crippen LogP contribution >= 0.6 is 0 Å². The van der Waals surface area contributed by atoms with Crippen LogP contribution in [0.2, 0.25) is 0 Å². The van der Waals surface area contributed by atoms with E-state index in [9.17, 15) is 0 Å². The van der Waals surface area contributed by atoms with Crippen LogP contribution in [0.1, 0.15) is 49.8 Å². The predicted octanol–water partition coefficient (Wildman–Crippen LogP) is 4.26. The zero-order valence-electron chi connectivity index (χ0n) is 13.1. The normalized spacial score (nSPS) is 18.3. The third-order valence-electron chi connectivity index (χ3n) is 4.74. The van der Waals surface area contributed by atoms with E-state index in [2.05, 4.69) is 51.2 Å². The minimum atomic E-state index is 0.437. The Morgan fingerprint density at radius 3 is 2.37 bits per heavy atom. The smallest absolute Gasteiger partial charge is 0.00110 e. The Morgan fingerprint density at radius 1 is 1.21 bits per heavy atom. The summed E-state index contributed by atoms with van der Waals surface area (Å²) in [5, 5.41) is 3.66. The average molecular weight is 259 g/mol. The Labute approximate surface area is 118 Å². The monoisotopic (exact) mass is 259 g/mol. The van der Waals surface area contributed by atoms with Crippen molar-refractivity contribution in [3.8, 4) is 0 Å². The minimum absolute atomic E-state index is 0.437. The topological polar surface area (TPSA) is 12.0 Å². The zero-order chi connectivity index (χ0) is 13.9. The van der Waals surface area contributed by atoms with Crippen molar-refractivity contribution in [2.45, 2.75) is 53.4 Å². The van der Waals surface area contributed by atoms with Gasteiger partial charge in [0.1, 0.15) is 0 Å². The van der Waals surface area contributed by atoms with E-state index in [-0.39, 0.29) is 0 Å². The molecule has 0 aromatic heterocycles. The first-order valence-corrected chi connectivity index (χ1v) is 7.82. The summed E-state index contributed by atoms with van der Waals surface area (Å²) in [7, 11) is 0. The summed E-state index contributed by atoms with van der Waals surface area (Å²) in [5.41, 5.74) is 4.94. The number of nitrogens with one attached hydrogen (secondary N) is 1. The van der Waals surface area contributed by atoms with Gasteiger partial charge in [-0.3, -0.25) is 0 Å². The molecule has 0 radical (unpaired) electrons. The molecule has 1 heteroatoms. The van der Waals surface area contributed by atoms with Crippen LogP contribution in [0.25, 0.3) is 0 Å². The molecule has 1 N–H and O–H groups in total. The van der Waals surface area contributed by atoms with Crippen molar-refractivity contribution < 1.29 is 0 Å². The quantitative estimate of drug-likeness (QED) is 0.721. The summed E-state index contributed by atoms with van der Waals surface area (Å²) in [6.45, 7) is 11.6. The average Bonchev–Trinajstić information content (AvgIpc) is 3.19. The maximum Gasteiger partial charge on any atom is 0.00110 e. The molecule has 1 atom stereocenters. The van der Waals surface area contributed by atoms with E-state index in [1.807, 2.05) is 0 Å². The molecule has 1 aromatic rings. The molecule has 2 rings (SSSR count). The highest BCUT2D eigenvalue weighted by molar-refractivity contribution is 5.34. The number of hydrogen-bond donors (Lipinski definition) is 1. The third kappa shape index (κ3) is 3.60. The van der Waals surface area contributed by atoms with Crippen molar-refractivity contribution in [1.82, 2.24) is 5.32 Å². The van der Waals surface area contributed by atoms with E-state index < -0.39 is 0 Å². The molecule has 1 unspecified atom stereocenters. The van der Waals surface area contributed by atoms with Crippen LogP contribution < -0.4 is 5.32 Å². The Bertz CT molecular complexity index is 399. The summed E-state index contributed by atoms with van der Waals surface area (Å²) < 4.78 is 0. The molecular formula is C18H29N. The van der Waals surface area contributed by atoms with Gasteiger partial charge in [-0.1, -0.05) is 32.0 Å². The van der Waals surface area contributed by atoms with Gasteiger partial charge in [-0.25, -0.2) is 0 Å². The van der Waals surface area contributed by atoms with Crippen LogP contribution in [-0.2, 0) is 6.42 Å². The van der Waals surface area contributed by atoms with Gasteiger partial charge in [-0.2, -0.15) is 0 Å². The largest absolute Gasteiger partial charge is 0.316 e. The highest BCUT2D eigenvalue weighted by Crippen LogP contribution is 2.47. The van der Waals surface area contributed by atoms with E-state index in [4.69, 9.17) is 0 Å². The Hall–Kier alpha value is -0.820. The fourth-order valence-electron chi connectivity index (χ4n) is 3.21. The third-order valence-corrected chi connectivity index (χ3v) is 4.74. The lowest BCUT2D eigenvalue weighted by Gasteiger charge is -2.32.